The van der Waals surface area contributed by atoms with Gasteiger partial charge < -0.3 is 14.2 Å². The minimum atomic E-state index is -0.806. The van der Waals surface area contributed by atoms with Crippen molar-refractivity contribution >= 4 is 17.9 Å². The van der Waals surface area contributed by atoms with Crippen LogP contribution < -0.4 is 0 Å². The van der Waals surface area contributed by atoms with Crippen LogP contribution in [0.15, 0.2) is 109 Å². The topological polar surface area (TPSA) is 78.9 Å². The number of unbranched alkanes of at least 4 members (excludes halogenated alkanes) is 19. The van der Waals surface area contributed by atoms with Crippen molar-refractivity contribution in [2.75, 3.05) is 13.2 Å². The van der Waals surface area contributed by atoms with Gasteiger partial charge in [0.1, 0.15) is 13.2 Å². The maximum atomic E-state index is 12.8. The maximum absolute atomic E-state index is 12.8. The Hall–Kier alpha value is -3.93. The lowest BCUT2D eigenvalue weighted by Crippen LogP contribution is -2.30. The van der Waals surface area contributed by atoms with Crippen molar-refractivity contribution in [3.63, 3.8) is 0 Å². The summed E-state index contributed by atoms with van der Waals surface area (Å²) in [7, 11) is 0. The molecule has 0 heterocycles. The lowest BCUT2D eigenvalue weighted by atomic mass is 10.1. The molecular formula is C58H94O6. The zero-order valence-corrected chi connectivity index (χ0v) is 41.3. The first kappa shape index (κ1) is 60.1. The molecule has 0 aromatic rings. The molecule has 0 bridgehead atoms. The van der Waals surface area contributed by atoms with Gasteiger partial charge in [0.15, 0.2) is 6.10 Å². The number of hydrogen-bond donors (Lipinski definition) is 0. The molecule has 0 fully saturated rings. The molecule has 0 N–H and O–H groups in total. The van der Waals surface area contributed by atoms with Crippen molar-refractivity contribution in [2.45, 2.75) is 226 Å². The van der Waals surface area contributed by atoms with Crippen LogP contribution in [0.25, 0.3) is 0 Å². The standard InChI is InChI=1S/C58H94O6/c1-4-7-10-13-16-19-22-25-27-29-31-33-36-39-42-45-48-51-57(60)63-54-55(53-62-56(59)50-47-44-41-38-35-32-24-21-18-15-12-9-6-3)64-58(61)52-49-46-43-40-37-34-30-28-26-23-20-17-14-11-8-5-2/h8-9,11-12,15-21,24-28,32,35,55H,4-7,10,13-14,22-23,29-31,33-34,36-54H2,1-3H3/b11-8+,12-9+,18-15+,19-16+,20-17+,24-21+,27-25+,28-26+,35-32+. The van der Waals surface area contributed by atoms with E-state index < -0.39 is 6.10 Å². The van der Waals surface area contributed by atoms with E-state index in [0.29, 0.717) is 19.3 Å². The monoisotopic (exact) mass is 887 g/mol. The van der Waals surface area contributed by atoms with E-state index in [-0.39, 0.29) is 31.1 Å². The first-order valence-corrected chi connectivity index (χ1v) is 25.9. The highest BCUT2D eigenvalue weighted by molar-refractivity contribution is 5.71. The van der Waals surface area contributed by atoms with Crippen LogP contribution in [0.1, 0.15) is 220 Å². The van der Waals surface area contributed by atoms with Crippen molar-refractivity contribution in [3.05, 3.63) is 109 Å². The Morgan fingerprint density at radius 2 is 0.688 bits per heavy atom. The molecule has 6 nitrogen and oxygen atoms in total. The summed E-state index contributed by atoms with van der Waals surface area (Å²) in [5, 5.41) is 0. The van der Waals surface area contributed by atoms with Crippen molar-refractivity contribution in [1.29, 1.82) is 0 Å². The van der Waals surface area contributed by atoms with E-state index in [9.17, 15) is 14.4 Å². The first-order valence-electron chi connectivity index (χ1n) is 25.9. The molecule has 0 amide bonds. The predicted octanol–water partition coefficient (Wildman–Crippen LogP) is 17.1. The zero-order chi connectivity index (χ0) is 46.5. The predicted molar refractivity (Wildman–Crippen MR) is 274 cm³/mol. The van der Waals surface area contributed by atoms with Gasteiger partial charge in [-0.2, -0.15) is 0 Å². The number of allylic oxidation sites excluding steroid dienone is 18. The van der Waals surface area contributed by atoms with Gasteiger partial charge in [-0.15, -0.1) is 0 Å². The Morgan fingerprint density at radius 3 is 1.16 bits per heavy atom. The fraction of sp³-hybridized carbons (Fsp3) is 0.638. The summed E-state index contributed by atoms with van der Waals surface area (Å²) in [5.74, 6) is -0.968. The third kappa shape index (κ3) is 49.1. The summed E-state index contributed by atoms with van der Waals surface area (Å²) in [6.07, 6.45) is 69.3. The Morgan fingerprint density at radius 1 is 0.344 bits per heavy atom. The van der Waals surface area contributed by atoms with E-state index in [2.05, 4.69) is 93.7 Å². The number of carbonyl (C=O) groups excluding carboxylic acids is 3. The summed E-state index contributed by atoms with van der Waals surface area (Å²) in [6, 6.07) is 0. The lowest BCUT2D eigenvalue weighted by Gasteiger charge is -2.18. The highest BCUT2D eigenvalue weighted by Gasteiger charge is 2.19. The summed E-state index contributed by atoms with van der Waals surface area (Å²) >= 11 is 0. The van der Waals surface area contributed by atoms with E-state index in [1.807, 2.05) is 36.5 Å². The van der Waals surface area contributed by atoms with E-state index in [0.717, 1.165) is 116 Å². The van der Waals surface area contributed by atoms with Gasteiger partial charge in [0.05, 0.1) is 0 Å². The molecule has 362 valence electrons. The summed E-state index contributed by atoms with van der Waals surface area (Å²) in [5.41, 5.74) is 0. The van der Waals surface area contributed by atoms with Gasteiger partial charge in [-0.05, 0) is 103 Å². The lowest BCUT2D eigenvalue weighted by molar-refractivity contribution is -0.167. The summed E-state index contributed by atoms with van der Waals surface area (Å²) < 4.78 is 16.8. The highest BCUT2D eigenvalue weighted by Crippen LogP contribution is 2.13. The molecule has 0 aromatic heterocycles. The van der Waals surface area contributed by atoms with Crippen LogP contribution in [0, 0.1) is 0 Å². The molecule has 0 rings (SSSR count). The van der Waals surface area contributed by atoms with Crippen molar-refractivity contribution in [1.82, 2.24) is 0 Å². The average molecular weight is 887 g/mol. The van der Waals surface area contributed by atoms with E-state index in [4.69, 9.17) is 14.2 Å². The number of esters is 3. The minimum Gasteiger partial charge on any atom is -0.462 e. The molecule has 0 spiro atoms. The van der Waals surface area contributed by atoms with Gasteiger partial charge in [-0.1, -0.05) is 207 Å². The van der Waals surface area contributed by atoms with Crippen LogP contribution in [0.3, 0.4) is 0 Å². The third-order valence-electron chi connectivity index (χ3n) is 10.6. The molecule has 0 aliphatic carbocycles. The van der Waals surface area contributed by atoms with E-state index >= 15 is 0 Å². The quantitative estimate of drug-likeness (QED) is 0.0199. The average Bonchev–Trinajstić information content (AvgIpc) is 3.29. The van der Waals surface area contributed by atoms with Crippen molar-refractivity contribution < 1.29 is 28.6 Å². The van der Waals surface area contributed by atoms with Crippen molar-refractivity contribution in [2.24, 2.45) is 0 Å². The SMILES string of the molecule is CC/C=C/C=C/C=C/C=C/CCCCCC(=O)OCC(COC(=O)CCCCCCCCC/C=C/C/C=C/CCCCC)OC(=O)CCCCCCCC/C=C/C/C=C/C/C=C/CC. The fourth-order valence-electron chi connectivity index (χ4n) is 6.73. The highest BCUT2D eigenvalue weighted by atomic mass is 16.6. The van der Waals surface area contributed by atoms with E-state index in [1.165, 1.54) is 64.2 Å². The number of hydrogen-bond acceptors (Lipinski definition) is 6. The Kier molecular flexibility index (Phi) is 48.5. The fourth-order valence-corrected chi connectivity index (χ4v) is 6.73. The molecule has 0 saturated heterocycles. The molecule has 0 aliphatic heterocycles. The number of rotatable bonds is 45. The van der Waals surface area contributed by atoms with Gasteiger partial charge >= 0.3 is 17.9 Å². The Bertz CT molecular complexity index is 1340. The van der Waals surface area contributed by atoms with Gasteiger partial charge in [-0.3, -0.25) is 14.4 Å². The molecular weight excluding hydrogens is 793 g/mol. The van der Waals surface area contributed by atoms with Crippen molar-refractivity contribution in [3.8, 4) is 0 Å². The van der Waals surface area contributed by atoms with Gasteiger partial charge in [0, 0.05) is 19.3 Å². The van der Waals surface area contributed by atoms with Crippen LogP contribution in [-0.4, -0.2) is 37.2 Å². The molecule has 64 heavy (non-hydrogen) atoms. The first-order chi connectivity index (χ1) is 31.5. The molecule has 0 aliphatic rings. The van der Waals surface area contributed by atoms with Gasteiger partial charge in [-0.25, -0.2) is 0 Å². The Labute approximate surface area is 393 Å². The molecule has 1 unspecified atom stereocenters. The van der Waals surface area contributed by atoms with Gasteiger partial charge in [0.2, 0.25) is 0 Å². The van der Waals surface area contributed by atoms with Crippen LogP contribution >= 0.6 is 0 Å². The molecule has 6 heteroatoms. The second kappa shape index (κ2) is 51.7. The second-order valence-electron chi connectivity index (χ2n) is 16.8. The molecule has 1 atom stereocenters. The number of ether oxygens (including phenoxy) is 3. The van der Waals surface area contributed by atoms with Crippen LogP contribution in [0.5, 0.6) is 0 Å². The normalized spacial score (nSPS) is 13.0. The maximum Gasteiger partial charge on any atom is 0.306 e. The third-order valence-corrected chi connectivity index (χ3v) is 10.6. The minimum absolute atomic E-state index is 0.103. The van der Waals surface area contributed by atoms with Gasteiger partial charge in [0.25, 0.3) is 0 Å². The van der Waals surface area contributed by atoms with Crippen LogP contribution in [0.2, 0.25) is 0 Å². The molecule has 0 saturated carbocycles. The zero-order valence-electron chi connectivity index (χ0n) is 41.3. The molecule has 0 radical (unpaired) electrons. The molecule has 0 aromatic carbocycles. The smallest absolute Gasteiger partial charge is 0.306 e. The number of carbonyl (C=O) groups is 3. The van der Waals surface area contributed by atoms with E-state index in [1.54, 1.807) is 0 Å². The largest absolute Gasteiger partial charge is 0.462 e. The summed E-state index contributed by atoms with van der Waals surface area (Å²) in [4.78, 5) is 38.0. The van der Waals surface area contributed by atoms with Crippen LogP contribution in [0.4, 0.5) is 0 Å². The van der Waals surface area contributed by atoms with Crippen LogP contribution in [-0.2, 0) is 28.6 Å². The second-order valence-corrected chi connectivity index (χ2v) is 16.8. The summed E-state index contributed by atoms with van der Waals surface area (Å²) in [6.45, 7) is 6.30. The Balaban J connectivity index is 4.48.